The average molecular weight is 275 g/mol. The van der Waals surface area contributed by atoms with Crippen LogP contribution in [0.3, 0.4) is 0 Å². The lowest BCUT2D eigenvalue weighted by Crippen LogP contribution is -2.43. The number of amides is 2. The maximum absolute atomic E-state index is 12.4. The SMILES string of the molecule is O=C1CSCC(=O)N1c1ccc(C(F)(F)F)cc1. The van der Waals surface area contributed by atoms with E-state index < -0.39 is 23.6 Å². The molecule has 0 N–H and O–H groups in total. The summed E-state index contributed by atoms with van der Waals surface area (Å²) in [5, 5.41) is 0. The summed E-state index contributed by atoms with van der Waals surface area (Å²) in [7, 11) is 0. The lowest BCUT2D eigenvalue weighted by molar-refractivity contribution is -0.137. The molecule has 0 radical (unpaired) electrons. The van der Waals surface area contributed by atoms with Gasteiger partial charge in [-0.2, -0.15) is 13.2 Å². The van der Waals surface area contributed by atoms with Crippen LogP contribution in [0.4, 0.5) is 18.9 Å². The van der Waals surface area contributed by atoms with Gasteiger partial charge in [0.1, 0.15) is 0 Å². The number of nitrogens with zero attached hydrogens (tertiary/aromatic N) is 1. The Morgan fingerprint density at radius 1 is 1.00 bits per heavy atom. The van der Waals surface area contributed by atoms with Crippen molar-refractivity contribution in [3.8, 4) is 0 Å². The second-order valence-electron chi connectivity index (χ2n) is 3.66. The van der Waals surface area contributed by atoms with Crippen molar-refractivity contribution >= 4 is 29.3 Å². The highest BCUT2D eigenvalue weighted by molar-refractivity contribution is 8.00. The zero-order valence-electron chi connectivity index (χ0n) is 9.03. The molecule has 0 saturated carbocycles. The zero-order valence-corrected chi connectivity index (χ0v) is 9.85. The van der Waals surface area contributed by atoms with Crippen LogP contribution in [-0.2, 0) is 15.8 Å². The van der Waals surface area contributed by atoms with Crippen LogP contribution in [0.15, 0.2) is 24.3 Å². The van der Waals surface area contributed by atoms with E-state index in [2.05, 4.69) is 0 Å². The van der Waals surface area contributed by atoms with Gasteiger partial charge in [0.05, 0.1) is 22.8 Å². The van der Waals surface area contributed by atoms with E-state index >= 15 is 0 Å². The van der Waals surface area contributed by atoms with E-state index in [0.717, 1.165) is 29.2 Å². The van der Waals surface area contributed by atoms with E-state index in [9.17, 15) is 22.8 Å². The molecule has 0 aliphatic carbocycles. The van der Waals surface area contributed by atoms with E-state index in [4.69, 9.17) is 0 Å². The first kappa shape index (κ1) is 12.9. The number of thioether (sulfide) groups is 1. The zero-order chi connectivity index (χ0) is 13.3. The molecule has 1 heterocycles. The van der Waals surface area contributed by atoms with Gasteiger partial charge < -0.3 is 0 Å². The van der Waals surface area contributed by atoms with Crippen molar-refractivity contribution in [2.75, 3.05) is 16.4 Å². The summed E-state index contributed by atoms with van der Waals surface area (Å²) >= 11 is 1.20. The van der Waals surface area contributed by atoms with Crippen LogP contribution in [-0.4, -0.2) is 23.3 Å². The molecule has 1 aromatic rings. The van der Waals surface area contributed by atoms with Crippen molar-refractivity contribution < 1.29 is 22.8 Å². The Kier molecular flexibility index (Phi) is 3.34. The van der Waals surface area contributed by atoms with Gasteiger partial charge in [0.15, 0.2) is 0 Å². The number of carbonyl (C=O) groups excluding carboxylic acids is 2. The van der Waals surface area contributed by atoms with E-state index in [1.165, 1.54) is 11.8 Å². The lowest BCUT2D eigenvalue weighted by Gasteiger charge is -2.24. The van der Waals surface area contributed by atoms with Crippen LogP contribution in [0, 0.1) is 0 Å². The molecule has 7 heteroatoms. The highest BCUT2D eigenvalue weighted by atomic mass is 32.2. The van der Waals surface area contributed by atoms with Crippen LogP contribution in [0.25, 0.3) is 0 Å². The molecule has 0 bridgehead atoms. The number of hydrogen-bond acceptors (Lipinski definition) is 3. The largest absolute Gasteiger partial charge is 0.416 e. The monoisotopic (exact) mass is 275 g/mol. The molecule has 1 aliphatic heterocycles. The van der Waals surface area contributed by atoms with E-state index in [1.54, 1.807) is 0 Å². The fourth-order valence-electron chi connectivity index (χ4n) is 1.58. The number of benzene rings is 1. The van der Waals surface area contributed by atoms with Gasteiger partial charge in [0.25, 0.3) is 0 Å². The molecule has 1 fully saturated rings. The maximum Gasteiger partial charge on any atom is 0.416 e. The number of anilines is 1. The molecule has 1 saturated heterocycles. The average Bonchev–Trinajstić information content (AvgIpc) is 2.28. The van der Waals surface area contributed by atoms with Gasteiger partial charge in [-0.3, -0.25) is 9.59 Å². The third-order valence-corrected chi connectivity index (χ3v) is 3.30. The van der Waals surface area contributed by atoms with E-state index in [-0.39, 0.29) is 17.2 Å². The molecular formula is C11H8F3NO2S. The first-order valence-corrected chi connectivity index (χ1v) is 6.16. The van der Waals surface area contributed by atoms with Gasteiger partial charge in [-0.1, -0.05) is 0 Å². The summed E-state index contributed by atoms with van der Waals surface area (Å²) in [6, 6.07) is 3.98. The van der Waals surface area contributed by atoms with Gasteiger partial charge in [0.2, 0.25) is 11.8 Å². The third kappa shape index (κ3) is 2.50. The summed E-state index contributed by atoms with van der Waals surface area (Å²) in [4.78, 5) is 24.0. The van der Waals surface area contributed by atoms with Gasteiger partial charge in [-0.15, -0.1) is 11.8 Å². The van der Waals surface area contributed by atoms with Crippen molar-refractivity contribution in [1.82, 2.24) is 0 Å². The highest BCUT2D eigenvalue weighted by Gasteiger charge is 2.32. The molecule has 3 nitrogen and oxygen atoms in total. The highest BCUT2D eigenvalue weighted by Crippen LogP contribution is 2.31. The minimum absolute atomic E-state index is 0.159. The third-order valence-electron chi connectivity index (χ3n) is 2.40. The summed E-state index contributed by atoms with van der Waals surface area (Å²) in [6.45, 7) is 0. The number of carbonyl (C=O) groups is 2. The molecule has 1 aliphatic rings. The smallest absolute Gasteiger partial charge is 0.273 e. The lowest BCUT2D eigenvalue weighted by atomic mass is 10.2. The predicted octanol–water partition coefficient (Wildman–Crippen LogP) is 2.31. The first-order chi connectivity index (χ1) is 8.39. The maximum atomic E-state index is 12.4. The Morgan fingerprint density at radius 3 is 1.94 bits per heavy atom. The molecule has 18 heavy (non-hydrogen) atoms. The van der Waals surface area contributed by atoms with Gasteiger partial charge in [0, 0.05) is 0 Å². The predicted molar refractivity (Wildman–Crippen MR) is 61.3 cm³/mol. The number of imide groups is 1. The Hall–Kier alpha value is -1.50. The molecule has 1 aromatic carbocycles. The van der Waals surface area contributed by atoms with Gasteiger partial charge >= 0.3 is 6.18 Å². The van der Waals surface area contributed by atoms with Crippen LogP contribution in [0.2, 0.25) is 0 Å². The van der Waals surface area contributed by atoms with Crippen LogP contribution in [0.1, 0.15) is 5.56 Å². The number of hydrogen-bond donors (Lipinski definition) is 0. The minimum Gasteiger partial charge on any atom is -0.273 e. The van der Waals surface area contributed by atoms with Crippen molar-refractivity contribution in [3.05, 3.63) is 29.8 Å². The first-order valence-electron chi connectivity index (χ1n) is 5.00. The summed E-state index contributed by atoms with van der Waals surface area (Å²) in [6.07, 6.45) is -4.43. The Labute approximate surface area is 105 Å². The van der Waals surface area contributed by atoms with Crippen molar-refractivity contribution in [3.63, 3.8) is 0 Å². The quantitative estimate of drug-likeness (QED) is 0.738. The van der Waals surface area contributed by atoms with E-state index in [1.807, 2.05) is 0 Å². The molecule has 96 valence electrons. The second-order valence-corrected chi connectivity index (χ2v) is 4.65. The number of alkyl halides is 3. The Balaban J connectivity index is 2.29. The fraction of sp³-hybridized carbons (Fsp3) is 0.273. The van der Waals surface area contributed by atoms with E-state index in [0.29, 0.717) is 0 Å². The molecule has 0 spiro atoms. The standard InChI is InChI=1S/C11H8F3NO2S/c12-11(13,14)7-1-3-8(4-2-7)15-9(16)5-18-6-10(15)17/h1-4H,5-6H2. The normalized spacial score (nSPS) is 17.2. The van der Waals surface area contributed by atoms with Crippen molar-refractivity contribution in [2.45, 2.75) is 6.18 Å². The molecule has 2 amide bonds. The molecular weight excluding hydrogens is 267 g/mol. The molecule has 0 aromatic heterocycles. The number of halogens is 3. The van der Waals surface area contributed by atoms with Crippen molar-refractivity contribution in [2.24, 2.45) is 0 Å². The minimum atomic E-state index is -4.43. The Bertz CT molecular complexity index is 468. The summed E-state index contributed by atoms with van der Waals surface area (Å²) in [5.41, 5.74) is -0.629. The van der Waals surface area contributed by atoms with Crippen molar-refractivity contribution in [1.29, 1.82) is 0 Å². The Morgan fingerprint density at radius 2 is 1.50 bits per heavy atom. The van der Waals surface area contributed by atoms with Crippen LogP contribution >= 0.6 is 11.8 Å². The van der Waals surface area contributed by atoms with Crippen LogP contribution in [0.5, 0.6) is 0 Å². The summed E-state index contributed by atoms with van der Waals surface area (Å²) in [5.74, 6) is -0.494. The number of rotatable bonds is 1. The fourth-order valence-corrected chi connectivity index (χ4v) is 2.29. The van der Waals surface area contributed by atoms with Gasteiger partial charge in [-0.25, -0.2) is 4.90 Å². The molecule has 2 rings (SSSR count). The summed E-state index contributed by atoms with van der Waals surface area (Å²) < 4.78 is 37.1. The molecule has 0 atom stereocenters. The van der Waals surface area contributed by atoms with Gasteiger partial charge in [-0.05, 0) is 24.3 Å². The van der Waals surface area contributed by atoms with Crippen LogP contribution < -0.4 is 4.90 Å². The molecule has 0 unspecified atom stereocenters. The second kappa shape index (κ2) is 4.64. The topological polar surface area (TPSA) is 37.4 Å².